The van der Waals surface area contributed by atoms with Crippen molar-refractivity contribution in [3.63, 3.8) is 0 Å². The fourth-order valence-corrected chi connectivity index (χ4v) is 3.13. The summed E-state index contributed by atoms with van der Waals surface area (Å²) < 4.78 is 5.35. The van der Waals surface area contributed by atoms with E-state index in [2.05, 4.69) is 0 Å². The highest BCUT2D eigenvalue weighted by Crippen LogP contribution is 2.19. The van der Waals surface area contributed by atoms with E-state index in [1.54, 1.807) is 14.0 Å². The number of rotatable bonds is 6. The number of carbonyl (C=O) groups excluding carboxylic acids is 2. The monoisotopic (exact) mass is 393 g/mol. The van der Waals surface area contributed by atoms with Crippen molar-refractivity contribution in [2.24, 2.45) is 0 Å². The molecule has 3 amide bonds. The number of carboxylic acid groups (broad SMARTS) is 1. The summed E-state index contributed by atoms with van der Waals surface area (Å²) >= 11 is 0. The number of ether oxygens (including phenoxy) is 1. The first-order valence-corrected chi connectivity index (χ1v) is 9.17. The number of amides is 3. The van der Waals surface area contributed by atoms with Gasteiger partial charge in [-0.15, -0.1) is 0 Å². The van der Waals surface area contributed by atoms with Gasteiger partial charge in [0, 0.05) is 26.7 Å². The van der Waals surface area contributed by atoms with E-state index < -0.39 is 30.2 Å². The number of benzene rings is 1. The predicted molar refractivity (Wildman–Crippen MR) is 101 cm³/mol. The van der Waals surface area contributed by atoms with E-state index in [0.717, 1.165) is 10.5 Å². The van der Waals surface area contributed by atoms with Crippen molar-refractivity contribution in [2.45, 2.75) is 32.0 Å². The van der Waals surface area contributed by atoms with Crippen LogP contribution in [0.2, 0.25) is 0 Å². The maximum atomic E-state index is 12.7. The molecule has 9 heteroatoms. The van der Waals surface area contributed by atoms with Crippen LogP contribution in [-0.2, 0) is 16.1 Å². The van der Waals surface area contributed by atoms with Gasteiger partial charge >= 0.3 is 12.2 Å². The number of hydrogen-bond acceptors (Lipinski definition) is 5. The molecule has 0 aromatic heterocycles. The highest BCUT2D eigenvalue weighted by molar-refractivity contribution is 5.86. The van der Waals surface area contributed by atoms with Crippen molar-refractivity contribution in [2.75, 3.05) is 33.3 Å². The van der Waals surface area contributed by atoms with E-state index in [4.69, 9.17) is 9.84 Å². The second-order valence-electron chi connectivity index (χ2n) is 6.83. The first-order chi connectivity index (χ1) is 13.3. The molecule has 1 fully saturated rings. The molecule has 28 heavy (non-hydrogen) atoms. The molecule has 2 rings (SSSR count). The molecule has 1 aromatic rings. The van der Waals surface area contributed by atoms with E-state index in [1.807, 2.05) is 30.3 Å². The zero-order valence-corrected chi connectivity index (χ0v) is 16.2. The van der Waals surface area contributed by atoms with Crippen LogP contribution < -0.4 is 0 Å². The van der Waals surface area contributed by atoms with Crippen molar-refractivity contribution < 1.29 is 29.3 Å². The summed E-state index contributed by atoms with van der Waals surface area (Å²) in [6.07, 6.45) is -1.41. The molecular weight excluding hydrogens is 366 g/mol. The van der Waals surface area contributed by atoms with Gasteiger partial charge in [0.2, 0.25) is 5.91 Å². The van der Waals surface area contributed by atoms with Crippen LogP contribution in [0.1, 0.15) is 18.9 Å². The van der Waals surface area contributed by atoms with Gasteiger partial charge in [0.25, 0.3) is 0 Å². The zero-order valence-electron chi connectivity index (χ0n) is 16.2. The molecule has 0 bridgehead atoms. The largest absolute Gasteiger partial charge is 0.465 e. The number of likely N-dealkylation sites (N-methyl/N-ethyl adjacent to an activating group) is 1. The summed E-state index contributed by atoms with van der Waals surface area (Å²) in [4.78, 5) is 40.7. The van der Waals surface area contributed by atoms with Crippen molar-refractivity contribution in [1.82, 2.24) is 14.7 Å². The van der Waals surface area contributed by atoms with E-state index in [1.165, 1.54) is 9.80 Å². The minimum absolute atomic E-state index is 0.0139. The second-order valence-corrected chi connectivity index (χ2v) is 6.83. The summed E-state index contributed by atoms with van der Waals surface area (Å²) in [7, 11) is 1.55. The molecule has 9 nitrogen and oxygen atoms in total. The normalized spacial score (nSPS) is 19.2. The Morgan fingerprint density at radius 1 is 1.18 bits per heavy atom. The third kappa shape index (κ3) is 5.35. The SMILES string of the molecule is CC1CN(C(=O)O)C(C(=O)N(C)CCCO)CN1C(=O)OCc1ccccc1. The van der Waals surface area contributed by atoms with E-state index >= 15 is 0 Å². The van der Waals surface area contributed by atoms with Crippen LogP contribution in [0.5, 0.6) is 0 Å². The molecule has 154 valence electrons. The van der Waals surface area contributed by atoms with Gasteiger partial charge in [-0.25, -0.2) is 9.59 Å². The molecule has 0 aliphatic carbocycles. The van der Waals surface area contributed by atoms with E-state index in [9.17, 15) is 19.5 Å². The van der Waals surface area contributed by atoms with Crippen molar-refractivity contribution in [3.8, 4) is 0 Å². The molecule has 1 saturated heterocycles. The van der Waals surface area contributed by atoms with Gasteiger partial charge in [-0.3, -0.25) is 9.69 Å². The molecular formula is C19H27N3O6. The minimum atomic E-state index is -1.21. The summed E-state index contributed by atoms with van der Waals surface area (Å²) in [5.74, 6) is -0.413. The summed E-state index contributed by atoms with van der Waals surface area (Å²) in [5.41, 5.74) is 0.837. The Labute approximate surface area is 164 Å². The Hall–Kier alpha value is -2.81. The minimum Gasteiger partial charge on any atom is -0.465 e. The molecule has 2 N–H and O–H groups in total. The number of aliphatic hydroxyl groups is 1. The fraction of sp³-hybridized carbons (Fsp3) is 0.526. The van der Waals surface area contributed by atoms with Gasteiger partial charge in [-0.1, -0.05) is 30.3 Å². The number of carbonyl (C=O) groups is 3. The van der Waals surface area contributed by atoms with Crippen LogP contribution in [0.4, 0.5) is 9.59 Å². The van der Waals surface area contributed by atoms with Gasteiger partial charge in [-0.05, 0) is 18.9 Å². The van der Waals surface area contributed by atoms with Gasteiger partial charge in [0.05, 0.1) is 12.6 Å². The van der Waals surface area contributed by atoms with Gasteiger partial charge in [0.1, 0.15) is 12.6 Å². The van der Waals surface area contributed by atoms with Crippen molar-refractivity contribution in [1.29, 1.82) is 0 Å². The first kappa shape index (κ1) is 21.5. The zero-order chi connectivity index (χ0) is 20.7. The smallest absolute Gasteiger partial charge is 0.410 e. The second kappa shape index (κ2) is 9.93. The predicted octanol–water partition coefficient (Wildman–Crippen LogP) is 1.22. The summed E-state index contributed by atoms with van der Waals surface area (Å²) in [6.45, 7) is 1.98. The lowest BCUT2D eigenvalue weighted by Gasteiger charge is -2.43. The van der Waals surface area contributed by atoms with Crippen molar-refractivity contribution in [3.05, 3.63) is 35.9 Å². The maximum Gasteiger partial charge on any atom is 0.410 e. The third-order valence-electron chi connectivity index (χ3n) is 4.74. The number of piperazine rings is 1. The van der Waals surface area contributed by atoms with Crippen LogP contribution in [0.25, 0.3) is 0 Å². The van der Waals surface area contributed by atoms with Crippen LogP contribution >= 0.6 is 0 Å². The number of nitrogens with zero attached hydrogens (tertiary/aromatic N) is 3. The van der Waals surface area contributed by atoms with Gasteiger partial charge in [0.15, 0.2) is 0 Å². The average molecular weight is 393 g/mol. The van der Waals surface area contributed by atoms with Gasteiger partial charge < -0.3 is 24.7 Å². The van der Waals surface area contributed by atoms with Crippen LogP contribution in [0, 0.1) is 0 Å². The third-order valence-corrected chi connectivity index (χ3v) is 4.74. The number of aliphatic hydroxyl groups excluding tert-OH is 1. The Morgan fingerprint density at radius 2 is 1.86 bits per heavy atom. The Bertz CT molecular complexity index is 684. The van der Waals surface area contributed by atoms with Crippen LogP contribution in [-0.4, -0.2) is 88.4 Å². The van der Waals surface area contributed by atoms with Crippen LogP contribution in [0.3, 0.4) is 0 Å². The molecule has 1 aliphatic heterocycles. The Balaban J connectivity index is 2.07. The highest BCUT2D eigenvalue weighted by Gasteiger charge is 2.41. The molecule has 2 unspecified atom stereocenters. The van der Waals surface area contributed by atoms with Crippen LogP contribution in [0.15, 0.2) is 30.3 Å². The quantitative estimate of drug-likeness (QED) is 0.752. The standard InChI is InChI=1S/C19H27N3O6/c1-14-11-22(18(25)26)16(17(24)20(2)9-6-10-23)12-21(14)19(27)28-13-15-7-4-3-5-8-15/h3-5,7-8,14,16,23H,6,9-13H2,1-2H3,(H,25,26). The molecule has 2 atom stereocenters. The Kier molecular flexibility index (Phi) is 7.62. The lowest BCUT2D eigenvalue weighted by Crippen LogP contribution is -2.64. The molecule has 1 aliphatic rings. The van der Waals surface area contributed by atoms with E-state index in [0.29, 0.717) is 13.0 Å². The molecule has 0 spiro atoms. The van der Waals surface area contributed by atoms with Crippen molar-refractivity contribution >= 4 is 18.1 Å². The topological polar surface area (TPSA) is 111 Å². The maximum absolute atomic E-state index is 12.7. The number of hydrogen-bond donors (Lipinski definition) is 2. The highest BCUT2D eigenvalue weighted by atomic mass is 16.6. The molecule has 1 heterocycles. The van der Waals surface area contributed by atoms with Gasteiger partial charge in [-0.2, -0.15) is 0 Å². The molecule has 1 aromatic carbocycles. The Morgan fingerprint density at radius 3 is 2.46 bits per heavy atom. The fourth-order valence-electron chi connectivity index (χ4n) is 3.13. The first-order valence-electron chi connectivity index (χ1n) is 9.17. The van der Waals surface area contributed by atoms with E-state index in [-0.39, 0.29) is 26.3 Å². The summed E-state index contributed by atoms with van der Waals surface area (Å²) in [5, 5.41) is 18.4. The summed E-state index contributed by atoms with van der Waals surface area (Å²) in [6, 6.07) is 7.78. The lowest BCUT2D eigenvalue weighted by atomic mass is 10.1. The molecule has 0 saturated carbocycles. The average Bonchev–Trinajstić information content (AvgIpc) is 2.70. The molecule has 0 radical (unpaired) electrons. The lowest BCUT2D eigenvalue weighted by molar-refractivity contribution is -0.137.